The predicted molar refractivity (Wildman–Crippen MR) is 91.4 cm³/mol. The zero-order chi connectivity index (χ0) is 18.3. The molecule has 2 aromatic heterocycles. The zero-order valence-corrected chi connectivity index (χ0v) is 14.5. The molecule has 26 heavy (non-hydrogen) atoms. The lowest BCUT2D eigenvalue weighted by Crippen LogP contribution is -2.58. The molecule has 1 spiro atoms. The largest absolute Gasteiger partial charge is 0.348 e. The fourth-order valence-electron chi connectivity index (χ4n) is 4.14. The summed E-state index contributed by atoms with van der Waals surface area (Å²) in [5.41, 5.74) is 1.41. The Morgan fingerprint density at radius 1 is 1.15 bits per heavy atom. The molecule has 9 nitrogen and oxygen atoms in total. The Morgan fingerprint density at radius 2 is 1.92 bits per heavy atom. The van der Waals surface area contributed by atoms with Gasteiger partial charge >= 0.3 is 0 Å². The summed E-state index contributed by atoms with van der Waals surface area (Å²) in [5.74, 6) is -0.190. The van der Waals surface area contributed by atoms with Gasteiger partial charge in [-0.2, -0.15) is 0 Å². The van der Waals surface area contributed by atoms with E-state index in [1.807, 2.05) is 4.90 Å². The molecule has 1 saturated heterocycles. The third kappa shape index (κ3) is 2.51. The van der Waals surface area contributed by atoms with E-state index in [-0.39, 0.29) is 23.1 Å². The molecular weight excluding hydrogens is 336 g/mol. The van der Waals surface area contributed by atoms with Gasteiger partial charge in [-0.05, 0) is 12.8 Å². The third-order valence-corrected chi connectivity index (χ3v) is 5.41. The monoisotopic (exact) mass is 356 g/mol. The van der Waals surface area contributed by atoms with E-state index in [9.17, 15) is 14.4 Å². The molecule has 4 heterocycles. The maximum absolute atomic E-state index is 12.6. The van der Waals surface area contributed by atoms with Crippen molar-refractivity contribution in [3.8, 4) is 0 Å². The van der Waals surface area contributed by atoms with E-state index in [0.717, 1.165) is 24.0 Å². The molecule has 136 valence electrons. The van der Waals surface area contributed by atoms with Crippen molar-refractivity contribution < 1.29 is 9.59 Å². The van der Waals surface area contributed by atoms with Gasteiger partial charge < -0.3 is 19.8 Å². The van der Waals surface area contributed by atoms with Crippen molar-refractivity contribution in [3.63, 3.8) is 0 Å². The number of aromatic amines is 2. The van der Waals surface area contributed by atoms with Crippen molar-refractivity contribution in [2.24, 2.45) is 0 Å². The molecule has 0 radical (unpaired) electrons. The van der Waals surface area contributed by atoms with Crippen molar-refractivity contribution in [2.75, 3.05) is 19.6 Å². The van der Waals surface area contributed by atoms with E-state index in [4.69, 9.17) is 0 Å². The fraction of sp³-hybridized carbons (Fsp3) is 0.471. The fourth-order valence-corrected chi connectivity index (χ4v) is 4.14. The van der Waals surface area contributed by atoms with Crippen LogP contribution >= 0.6 is 0 Å². The SMILES string of the molecule is CC(=O)N1CCc2[nH]cnc2C12CCN(C(=O)c1c[nH]c(=O)cn1)CC2. The number of hydrogen-bond acceptors (Lipinski definition) is 5. The Balaban J connectivity index is 1.58. The number of amides is 2. The topological polar surface area (TPSA) is 115 Å². The standard InChI is InChI=1S/C17H20N6O3/c1-11(24)23-5-2-12-15(21-10-20-12)17(23)3-6-22(7-4-17)16(26)13-8-19-14(25)9-18-13/h8-10H,2-7H2,1H3,(H,19,25)(H,20,21). The lowest BCUT2D eigenvalue weighted by atomic mass is 9.78. The average Bonchev–Trinajstić information content (AvgIpc) is 3.12. The third-order valence-electron chi connectivity index (χ3n) is 5.41. The van der Waals surface area contributed by atoms with Crippen LogP contribution in [0.1, 0.15) is 41.6 Å². The van der Waals surface area contributed by atoms with Crippen LogP contribution in [0, 0.1) is 0 Å². The number of hydrogen-bond donors (Lipinski definition) is 2. The number of H-pyrrole nitrogens is 2. The molecule has 2 N–H and O–H groups in total. The van der Waals surface area contributed by atoms with Crippen molar-refractivity contribution in [3.05, 3.63) is 46.2 Å². The van der Waals surface area contributed by atoms with Crippen LogP contribution in [0.25, 0.3) is 0 Å². The maximum Gasteiger partial charge on any atom is 0.273 e. The first-order chi connectivity index (χ1) is 12.5. The molecule has 0 saturated carbocycles. The minimum Gasteiger partial charge on any atom is -0.348 e. The summed E-state index contributed by atoms with van der Waals surface area (Å²) in [6.07, 6.45) is 6.13. The first-order valence-electron chi connectivity index (χ1n) is 8.66. The summed E-state index contributed by atoms with van der Waals surface area (Å²) in [6, 6.07) is 0. The van der Waals surface area contributed by atoms with Gasteiger partial charge in [0.2, 0.25) is 5.91 Å². The van der Waals surface area contributed by atoms with Crippen molar-refractivity contribution in [1.82, 2.24) is 29.7 Å². The minimum atomic E-state index is -0.464. The van der Waals surface area contributed by atoms with Gasteiger partial charge in [-0.15, -0.1) is 0 Å². The van der Waals surface area contributed by atoms with E-state index in [1.165, 1.54) is 6.20 Å². The number of piperidine rings is 1. The van der Waals surface area contributed by atoms with Crippen LogP contribution in [0.2, 0.25) is 0 Å². The highest BCUT2D eigenvalue weighted by Gasteiger charge is 2.48. The van der Waals surface area contributed by atoms with Gasteiger partial charge in [0, 0.05) is 44.9 Å². The summed E-state index contributed by atoms with van der Waals surface area (Å²) in [7, 11) is 0. The highest BCUT2D eigenvalue weighted by molar-refractivity contribution is 5.92. The van der Waals surface area contributed by atoms with Crippen molar-refractivity contribution in [1.29, 1.82) is 0 Å². The van der Waals surface area contributed by atoms with Crippen LogP contribution in [-0.4, -0.2) is 61.2 Å². The number of carbonyl (C=O) groups excluding carboxylic acids is 2. The molecule has 2 aliphatic heterocycles. The van der Waals surface area contributed by atoms with Crippen LogP contribution < -0.4 is 5.56 Å². The van der Waals surface area contributed by atoms with Crippen LogP contribution in [0.3, 0.4) is 0 Å². The molecule has 0 bridgehead atoms. The molecular formula is C17H20N6O3. The first kappa shape index (κ1) is 16.5. The predicted octanol–water partition coefficient (Wildman–Crippen LogP) is 0.0291. The Hall–Kier alpha value is -2.97. The number of nitrogens with zero attached hydrogens (tertiary/aromatic N) is 4. The van der Waals surface area contributed by atoms with Gasteiger partial charge in [0.05, 0.1) is 23.8 Å². The number of aromatic nitrogens is 4. The normalized spacial score (nSPS) is 18.7. The minimum absolute atomic E-state index is 0.0285. The van der Waals surface area contributed by atoms with Gasteiger partial charge in [0.15, 0.2) is 0 Å². The molecule has 2 aliphatic rings. The quantitative estimate of drug-likeness (QED) is 0.748. The van der Waals surface area contributed by atoms with E-state index in [1.54, 1.807) is 18.2 Å². The molecule has 0 aliphatic carbocycles. The summed E-state index contributed by atoms with van der Waals surface area (Å²) in [4.78, 5) is 53.7. The molecule has 2 aromatic rings. The van der Waals surface area contributed by atoms with Crippen LogP contribution in [-0.2, 0) is 16.8 Å². The van der Waals surface area contributed by atoms with Crippen LogP contribution in [0.4, 0.5) is 0 Å². The van der Waals surface area contributed by atoms with Crippen LogP contribution in [0.15, 0.2) is 23.5 Å². The van der Waals surface area contributed by atoms with Crippen molar-refractivity contribution >= 4 is 11.8 Å². The lowest BCUT2D eigenvalue weighted by molar-refractivity contribution is -0.139. The number of likely N-dealkylation sites (tertiary alicyclic amines) is 1. The number of nitrogens with one attached hydrogen (secondary N) is 2. The molecule has 4 rings (SSSR count). The Bertz CT molecular complexity index is 889. The van der Waals surface area contributed by atoms with E-state index in [2.05, 4.69) is 19.9 Å². The number of carbonyl (C=O) groups is 2. The summed E-state index contributed by atoms with van der Waals surface area (Å²) in [6.45, 7) is 3.23. The summed E-state index contributed by atoms with van der Waals surface area (Å²) < 4.78 is 0. The molecule has 0 unspecified atom stereocenters. The van der Waals surface area contributed by atoms with Gasteiger partial charge in [-0.25, -0.2) is 9.97 Å². The second-order valence-corrected chi connectivity index (χ2v) is 6.77. The van der Waals surface area contributed by atoms with Crippen molar-refractivity contribution in [2.45, 2.75) is 31.7 Å². The van der Waals surface area contributed by atoms with Gasteiger partial charge in [-0.1, -0.05) is 0 Å². The summed E-state index contributed by atoms with van der Waals surface area (Å²) >= 11 is 0. The highest BCUT2D eigenvalue weighted by Crippen LogP contribution is 2.42. The Morgan fingerprint density at radius 3 is 2.58 bits per heavy atom. The average molecular weight is 356 g/mol. The lowest BCUT2D eigenvalue weighted by Gasteiger charge is -2.50. The van der Waals surface area contributed by atoms with Gasteiger partial charge in [0.1, 0.15) is 5.69 Å². The smallest absolute Gasteiger partial charge is 0.273 e. The van der Waals surface area contributed by atoms with E-state index < -0.39 is 5.54 Å². The number of rotatable bonds is 1. The number of fused-ring (bicyclic) bond motifs is 2. The highest BCUT2D eigenvalue weighted by atomic mass is 16.2. The second-order valence-electron chi connectivity index (χ2n) is 6.77. The van der Waals surface area contributed by atoms with E-state index >= 15 is 0 Å². The maximum atomic E-state index is 12.6. The molecule has 2 amide bonds. The molecule has 9 heteroatoms. The number of imidazole rings is 1. The van der Waals surface area contributed by atoms with E-state index in [0.29, 0.717) is 32.5 Å². The van der Waals surface area contributed by atoms with Crippen LogP contribution in [0.5, 0.6) is 0 Å². The second kappa shape index (κ2) is 6.08. The van der Waals surface area contributed by atoms with Gasteiger partial charge in [-0.3, -0.25) is 14.4 Å². The molecule has 0 aromatic carbocycles. The zero-order valence-electron chi connectivity index (χ0n) is 14.5. The molecule has 1 fully saturated rings. The molecule has 0 atom stereocenters. The Kier molecular flexibility index (Phi) is 3.86. The van der Waals surface area contributed by atoms with Gasteiger partial charge in [0.25, 0.3) is 11.5 Å². The Labute approximate surface area is 149 Å². The summed E-state index contributed by atoms with van der Waals surface area (Å²) in [5, 5.41) is 0. The first-order valence-corrected chi connectivity index (χ1v) is 8.66.